The van der Waals surface area contributed by atoms with Crippen molar-refractivity contribution in [3.8, 4) is 0 Å². The number of hydrogen-bond donors (Lipinski definition) is 1. The zero-order valence-corrected chi connectivity index (χ0v) is 17.7. The normalized spacial score (nSPS) is 16.2. The Balaban J connectivity index is 1.65. The number of amides is 2. The third-order valence-corrected chi connectivity index (χ3v) is 5.17. The number of benzene rings is 1. The van der Waals surface area contributed by atoms with Gasteiger partial charge in [-0.15, -0.1) is 0 Å². The fourth-order valence-corrected chi connectivity index (χ4v) is 3.58. The van der Waals surface area contributed by atoms with Crippen LogP contribution in [0.2, 0.25) is 0 Å². The SMILES string of the molecule is Cc1nc([C@H]2CCCN2C(=O)COC(C)C)ccc1C(=O)NCc1ccc(F)cc1. The van der Waals surface area contributed by atoms with Gasteiger partial charge in [0.25, 0.3) is 5.91 Å². The van der Waals surface area contributed by atoms with E-state index >= 15 is 0 Å². The second kappa shape index (κ2) is 9.80. The molecule has 30 heavy (non-hydrogen) atoms. The summed E-state index contributed by atoms with van der Waals surface area (Å²) >= 11 is 0. The summed E-state index contributed by atoms with van der Waals surface area (Å²) in [5.41, 5.74) is 2.70. The molecule has 0 bridgehead atoms. The minimum atomic E-state index is -0.309. The van der Waals surface area contributed by atoms with Crippen LogP contribution in [0.5, 0.6) is 0 Å². The third-order valence-electron chi connectivity index (χ3n) is 5.17. The minimum absolute atomic E-state index is 0.00285. The molecule has 1 aliphatic heterocycles. The molecule has 0 saturated carbocycles. The van der Waals surface area contributed by atoms with Crippen molar-refractivity contribution in [2.45, 2.75) is 52.3 Å². The van der Waals surface area contributed by atoms with Crippen LogP contribution in [0.1, 0.15) is 60.0 Å². The molecule has 2 aromatic rings. The summed E-state index contributed by atoms with van der Waals surface area (Å²) in [6, 6.07) is 9.48. The van der Waals surface area contributed by atoms with Crippen LogP contribution in [0.4, 0.5) is 4.39 Å². The van der Waals surface area contributed by atoms with Gasteiger partial charge in [-0.1, -0.05) is 12.1 Å². The van der Waals surface area contributed by atoms with Crippen molar-refractivity contribution in [2.75, 3.05) is 13.2 Å². The lowest BCUT2D eigenvalue weighted by atomic mass is 10.1. The number of carbonyl (C=O) groups excluding carboxylic acids is 2. The molecule has 1 atom stereocenters. The van der Waals surface area contributed by atoms with Crippen molar-refractivity contribution in [2.24, 2.45) is 0 Å². The van der Waals surface area contributed by atoms with Gasteiger partial charge in [0.15, 0.2) is 0 Å². The van der Waals surface area contributed by atoms with E-state index < -0.39 is 0 Å². The lowest BCUT2D eigenvalue weighted by Gasteiger charge is -2.25. The van der Waals surface area contributed by atoms with Crippen LogP contribution in [0.25, 0.3) is 0 Å². The van der Waals surface area contributed by atoms with Gasteiger partial charge in [-0.05, 0) is 63.4 Å². The van der Waals surface area contributed by atoms with Gasteiger partial charge in [0, 0.05) is 13.1 Å². The average molecular weight is 413 g/mol. The number of nitrogens with zero attached hydrogens (tertiary/aromatic N) is 2. The molecule has 0 spiro atoms. The first-order valence-electron chi connectivity index (χ1n) is 10.3. The van der Waals surface area contributed by atoms with Crippen LogP contribution in [0.3, 0.4) is 0 Å². The highest BCUT2D eigenvalue weighted by Crippen LogP contribution is 2.31. The number of nitrogens with one attached hydrogen (secondary N) is 1. The topological polar surface area (TPSA) is 71.5 Å². The summed E-state index contributed by atoms with van der Waals surface area (Å²) in [6.07, 6.45) is 1.76. The van der Waals surface area contributed by atoms with Gasteiger partial charge >= 0.3 is 0 Å². The molecule has 7 heteroatoms. The summed E-state index contributed by atoms with van der Waals surface area (Å²) < 4.78 is 18.5. The molecule has 1 aliphatic rings. The number of aryl methyl sites for hydroxylation is 1. The molecule has 0 radical (unpaired) electrons. The van der Waals surface area contributed by atoms with E-state index in [-0.39, 0.29) is 36.4 Å². The number of ether oxygens (including phenoxy) is 1. The lowest BCUT2D eigenvalue weighted by Crippen LogP contribution is -2.34. The fourth-order valence-electron chi connectivity index (χ4n) is 3.58. The van der Waals surface area contributed by atoms with Gasteiger partial charge in [0.1, 0.15) is 12.4 Å². The van der Waals surface area contributed by atoms with Gasteiger partial charge in [-0.25, -0.2) is 4.39 Å². The summed E-state index contributed by atoms with van der Waals surface area (Å²) in [5, 5.41) is 2.84. The average Bonchev–Trinajstić information content (AvgIpc) is 3.21. The molecule has 1 fully saturated rings. The Kier molecular flexibility index (Phi) is 7.15. The van der Waals surface area contributed by atoms with Gasteiger partial charge in [0.2, 0.25) is 5.91 Å². The summed E-state index contributed by atoms with van der Waals surface area (Å²) in [7, 11) is 0. The number of rotatable bonds is 7. The van der Waals surface area contributed by atoms with E-state index in [0.717, 1.165) is 24.1 Å². The zero-order chi connectivity index (χ0) is 21.7. The van der Waals surface area contributed by atoms with Crippen molar-refractivity contribution in [1.29, 1.82) is 0 Å². The molecular weight excluding hydrogens is 385 g/mol. The van der Waals surface area contributed by atoms with Crippen molar-refractivity contribution in [3.05, 3.63) is 64.7 Å². The van der Waals surface area contributed by atoms with Gasteiger partial charge in [0.05, 0.1) is 29.1 Å². The maximum atomic E-state index is 13.0. The Morgan fingerprint density at radius 1 is 1.23 bits per heavy atom. The Bertz CT molecular complexity index is 899. The Morgan fingerprint density at radius 3 is 2.63 bits per heavy atom. The second-order valence-corrected chi connectivity index (χ2v) is 7.78. The van der Waals surface area contributed by atoms with Crippen LogP contribution in [0, 0.1) is 12.7 Å². The highest BCUT2D eigenvalue weighted by Gasteiger charge is 2.31. The standard InChI is InChI=1S/C23H28FN3O3/c1-15(2)30-14-22(28)27-12-4-5-21(27)20-11-10-19(16(3)26-20)23(29)25-13-17-6-8-18(24)9-7-17/h6-11,15,21H,4-5,12-14H2,1-3H3,(H,25,29)/t21-/m1/s1. The number of hydrogen-bond acceptors (Lipinski definition) is 4. The first-order valence-corrected chi connectivity index (χ1v) is 10.3. The molecular formula is C23H28FN3O3. The number of carbonyl (C=O) groups is 2. The molecule has 1 saturated heterocycles. The van der Waals surface area contributed by atoms with E-state index in [9.17, 15) is 14.0 Å². The van der Waals surface area contributed by atoms with Crippen molar-refractivity contribution < 1.29 is 18.7 Å². The molecule has 3 rings (SSSR count). The lowest BCUT2D eigenvalue weighted by molar-refractivity contribution is -0.138. The van der Waals surface area contributed by atoms with E-state index in [1.165, 1.54) is 12.1 Å². The second-order valence-electron chi connectivity index (χ2n) is 7.78. The molecule has 1 N–H and O–H groups in total. The van der Waals surface area contributed by atoms with Crippen LogP contribution < -0.4 is 5.32 Å². The largest absolute Gasteiger partial charge is 0.369 e. The van der Waals surface area contributed by atoms with Crippen molar-refractivity contribution in [1.82, 2.24) is 15.2 Å². The van der Waals surface area contributed by atoms with Crippen molar-refractivity contribution >= 4 is 11.8 Å². The van der Waals surface area contributed by atoms with E-state index in [1.54, 1.807) is 25.1 Å². The van der Waals surface area contributed by atoms with Crippen molar-refractivity contribution in [3.63, 3.8) is 0 Å². The Labute approximate surface area is 176 Å². The first kappa shape index (κ1) is 21.9. The van der Waals surface area contributed by atoms with Gasteiger partial charge in [-0.2, -0.15) is 0 Å². The fraction of sp³-hybridized carbons (Fsp3) is 0.435. The maximum Gasteiger partial charge on any atom is 0.253 e. The van der Waals surface area contributed by atoms with Crippen LogP contribution in [0.15, 0.2) is 36.4 Å². The molecule has 1 aromatic heterocycles. The molecule has 2 heterocycles. The number of pyridine rings is 1. The first-order chi connectivity index (χ1) is 14.3. The highest BCUT2D eigenvalue weighted by atomic mass is 19.1. The molecule has 160 valence electrons. The molecule has 0 aliphatic carbocycles. The number of aromatic nitrogens is 1. The van der Waals surface area contributed by atoms with Crippen LogP contribution >= 0.6 is 0 Å². The highest BCUT2D eigenvalue weighted by molar-refractivity contribution is 5.95. The van der Waals surface area contributed by atoms with E-state index in [1.807, 2.05) is 24.8 Å². The predicted octanol–water partition coefficient (Wildman–Crippen LogP) is 3.55. The third kappa shape index (κ3) is 5.42. The maximum absolute atomic E-state index is 13.0. The predicted molar refractivity (Wildman–Crippen MR) is 111 cm³/mol. The van der Waals surface area contributed by atoms with Crippen LogP contribution in [-0.4, -0.2) is 41.0 Å². The summed E-state index contributed by atoms with van der Waals surface area (Å²) in [5.74, 6) is -0.580. The van der Waals surface area contributed by atoms with E-state index in [0.29, 0.717) is 24.3 Å². The molecule has 6 nitrogen and oxygen atoms in total. The van der Waals surface area contributed by atoms with E-state index in [2.05, 4.69) is 10.3 Å². The number of likely N-dealkylation sites (tertiary alicyclic amines) is 1. The monoisotopic (exact) mass is 413 g/mol. The Morgan fingerprint density at radius 2 is 1.97 bits per heavy atom. The van der Waals surface area contributed by atoms with Gasteiger partial charge < -0.3 is 15.0 Å². The van der Waals surface area contributed by atoms with Gasteiger partial charge in [-0.3, -0.25) is 14.6 Å². The number of halogens is 1. The minimum Gasteiger partial charge on any atom is -0.369 e. The summed E-state index contributed by atoms with van der Waals surface area (Å²) in [4.78, 5) is 31.5. The van der Waals surface area contributed by atoms with Crippen LogP contribution in [-0.2, 0) is 16.1 Å². The Hall–Kier alpha value is -2.80. The molecule has 0 unspecified atom stereocenters. The smallest absolute Gasteiger partial charge is 0.253 e. The summed E-state index contributed by atoms with van der Waals surface area (Å²) in [6.45, 7) is 6.65. The quantitative estimate of drug-likeness (QED) is 0.754. The van der Waals surface area contributed by atoms with E-state index in [4.69, 9.17) is 4.74 Å². The molecule has 1 aromatic carbocycles. The molecule has 2 amide bonds. The zero-order valence-electron chi connectivity index (χ0n) is 17.7.